The van der Waals surface area contributed by atoms with Gasteiger partial charge in [0.1, 0.15) is 0 Å². The number of anilines is 1. The van der Waals surface area contributed by atoms with Crippen molar-refractivity contribution in [3.05, 3.63) is 123 Å². The van der Waals surface area contributed by atoms with Gasteiger partial charge in [-0.2, -0.15) is 9.78 Å². The summed E-state index contributed by atoms with van der Waals surface area (Å²) in [4.78, 5) is 27.3. The third-order valence-electron chi connectivity index (χ3n) is 4.99. The Kier molecular flexibility index (Phi) is 5.54. The number of para-hydroxylation sites is 1. The minimum atomic E-state index is -0.403. The molecule has 2 heterocycles. The number of aromatic nitrogens is 2. The molecule has 0 saturated heterocycles. The lowest BCUT2D eigenvalue weighted by molar-refractivity contribution is 0.102. The maximum Gasteiger partial charge on any atom is 0.279 e. The molecule has 5 nitrogen and oxygen atoms in total. The molecule has 0 aliphatic rings. The molecule has 0 aliphatic heterocycles. The number of carbonyl (C=O) groups excluding carboxylic acids is 1. The summed E-state index contributed by atoms with van der Waals surface area (Å²) in [5.41, 5.74) is 1.87. The van der Waals surface area contributed by atoms with E-state index in [1.54, 1.807) is 53.8 Å². The second kappa shape index (κ2) is 8.95. The topological polar surface area (TPSA) is 64.0 Å². The smallest absolute Gasteiger partial charge is 0.279 e. The van der Waals surface area contributed by atoms with E-state index in [0.29, 0.717) is 22.1 Å². The maximum atomic E-state index is 13.3. The first-order chi connectivity index (χ1) is 16.2. The SMILES string of the molecule is O=C(Nc1cccc(C#Cc2cccs2)c1)c1nn(-c2ccccc2)c(=O)c2ccccc12. The van der Waals surface area contributed by atoms with Crippen molar-refractivity contribution in [2.45, 2.75) is 0 Å². The van der Waals surface area contributed by atoms with Crippen molar-refractivity contribution in [2.24, 2.45) is 0 Å². The van der Waals surface area contributed by atoms with Crippen molar-refractivity contribution in [1.29, 1.82) is 0 Å². The fourth-order valence-corrected chi connectivity index (χ4v) is 4.02. The molecule has 5 aromatic rings. The van der Waals surface area contributed by atoms with E-state index in [-0.39, 0.29) is 11.3 Å². The number of thiophene rings is 1. The Morgan fingerprint density at radius 1 is 0.848 bits per heavy atom. The van der Waals surface area contributed by atoms with Crippen LogP contribution in [0.15, 0.2) is 101 Å². The van der Waals surface area contributed by atoms with E-state index in [9.17, 15) is 9.59 Å². The summed E-state index contributed by atoms with van der Waals surface area (Å²) in [6.07, 6.45) is 0. The Balaban J connectivity index is 1.52. The van der Waals surface area contributed by atoms with Gasteiger partial charge in [-0.25, -0.2) is 0 Å². The first kappa shape index (κ1) is 20.4. The van der Waals surface area contributed by atoms with Crippen LogP contribution in [0.3, 0.4) is 0 Å². The molecule has 3 aromatic carbocycles. The number of amides is 1. The van der Waals surface area contributed by atoms with Gasteiger partial charge in [-0.15, -0.1) is 11.3 Å². The summed E-state index contributed by atoms with van der Waals surface area (Å²) >= 11 is 1.58. The molecule has 0 fully saturated rings. The van der Waals surface area contributed by atoms with E-state index in [1.165, 1.54) is 4.68 Å². The molecule has 0 atom stereocenters. The van der Waals surface area contributed by atoms with Gasteiger partial charge in [0.25, 0.3) is 11.5 Å². The van der Waals surface area contributed by atoms with Gasteiger partial charge in [0, 0.05) is 16.6 Å². The predicted octanol–water partition coefficient (Wildman–Crippen LogP) is 5.10. The highest BCUT2D eigenvalue weighted by molar-refractivity contribution is 7.10. The van der Waals surface area contributed by atoms with Crippen LogP contribution >= 0.6 is 11.3 Å². The standard InChI is InChI=1S/C27H17N3O2S/c31-26(28-20-9-6-8-19(18-20)15-16-22-12-7-17-33-22)25-23-13-4-5-14-24(23)27(32)30(29-25)21-10-2-1-3-11-21/h1-14,17-18H,(H,28,31). The molecule has 33 heavy (non-hydrogen) atoms. The van der Waals surface area contributed by atoms with Crippen molar-refractivity contribution in [2.75, 3.05) is 5.32 Å². The molecular weight excluding hydrogens is 430 g/mol. The second-order valence-corrected chi connectivity index (χ2v) is 8.16. The van der Waals surface area contributed by atoms with Crippen molar-refractivity contribution < 1.29 is 4.79 Å². The molecule has 0 unspecified atom stereocenters. The second-order valence-electron chi connectivity index (χ2n) is 7.21. The van der Waals surface area contributed by atoms with Crippen LogP contribution < -0.4 is 10.9 Å². The van der Waals surface area contributed by atoms with Crippen molar-refractivity contribution in [1.82, 2.24) is 9.78 Å². The van der Waals surface area contributed by atoms with Crippen LogP contribution in [0.4, 0.5) is 5.69 Å². The van der Waals surface area contributed by atoms with Gasteiger partial charge in [-0.05, 0) is 47.8 Å². The van der Waals surface area contributed by atoms with Crippen LogP contribution in [0.2, 0.25) is 0 Å². The Morgan fingerprint density at radius 3 is 2.42 bits per heavy atom. The largest absolute Gasteiger partial charge is 0.321 e. The first-order valence-electron chi connectivity index (χ1n) is 10.2. The van der Waals surface area contributed by atoms with E-state index in [0.717, 1.165) is 10.4 Å². The number of fused-ring (bicyclic) bond motifs is 1. The Morgan fingerprint density at radius 2 is 1.64 bits per heavy atom. The quantitative estimate of drug-likeness (QED) is 0.392. The van der Waals surface area contributed by atoms with Gasteiger partial charge in [-0.3, -0.25) is 9.59 Å². The van der Waals surface area contributed by atoms with Gasteiger partial charge in [0.15, 0.2) is 5.69 Å². The van der Waals surface area contributed by atoms with Crippen molar-refractivity contribution in [3.63, 3.8) is 0 Å². The zero-order chi connectivity index (χ0) is 22.6. The van der Waals surface area contributed by atoms with Gasteiger partial charge in [-0.1, -0.05) is 60.4 Å². The summed E-state index contributed by atoms with van der Waals surface area (Å²) < 4.78 is 1.26. The molecule has 158 valence electrons. The lowest BCUT2D eigenvalue weighted by atomic mass is 10.1. The summed E-state index contributed by atoms with van der Waals surface area (Å²) in [6, 6.07) is 27.3. The highest BCUT2D eigenvalue weighted by atomic mass is 32.1. The van der Waals surface area contributed by atoms with E-state index in [2.05, 4.69) is 22.3 Å². The third-order valence-corrected chi connectivity index (χ3v) is 5.78. The summed E-state index contributed by atoms with van der Waals surface area (Å²) in [5, 5.41) is 10.2. The molecule has 1 amide bonds. The van der Waals surface area contributed by atoms with Crippen molar-refractivity contribution in [3.8, 4) is 17.5 Å². The van der Waals surface area contributed by atoms with Gasteiger partial charge in [0.2, 0.25) is 0 Å². The lowest BCUT2D eigenvalue weighted by Gasteiger charge is -2.11. The average Bonchev–Trinajstić information content (AvgIpc) is 3.38. The number of rotatable bonds is 3. The number of benzene rings is 3. The Hall–Kier alpha value is -4.47. The molecule has 0 saturated carbocycles. The van der Waals surface area contributed by atoms with Gasteiger partial charge < -0.3 is 5.32 Å². The van der Waals surface area contributed by atoms with E-state index in [4.69, 9.17) is 0 Å². The highest BCUT2D eigenvalue weighted by Crippen LogP contribution is 2.18. The first-order valence-corrected chi connectivity index (χ1v) is 11.1. The lowest BCUT2D eigenvalue weighted by Crippen LogP contribution is -2.26. The molecule has 2 aromatic heterocycles. The highest BCUT2D eigenvalue weighted by Gasteiger charge is 2.17. The van der Waals surface area contributed by atoms with Crippen LogP contribution in [-0.2, 0) is 0 Å². The monoisotopic (exact) mass is 447 g/mol. The van der Waals surface area contributed by atoms with Crippen LogP contribution in [0.25, 0.3) is 16.5 Å². The number of carbonyl (C=O) groups is 1. The van der Waals surface area contributed by atoms with Crippen LogP contribution in [0, 0.1) is 11.8 Å². The minimum absolute atomic E-state index is 0.170. The molecule has 0 radical (unpaired) electrons. The zero-order valence-corrected chi connectivity index (χ0v) is 18.2. The molecule has 0 bridgehead atoms. The molecule has 0 spiro atoms. The Labute approximate surface area is 194 Å². The number of hydrogen-bond acceptors (Lipinski definition) is 4. The number of hydrogen-bond donors (Lipinski definition) is 1. The number of nitrogens with zero attached hydrogens (tertiary/aromatic N) is 2. The summed E-state index contributed by atoms with van der Waals surface area (Å²) in [6.45, 7) is 0. The molecule has 1 N–H and O–H groups in total. The third kappa shape index (κ3) is 4.31. The van der Waals surface area contributed by atoms with Gasteiger partial charge in [0.05, 0.1) is 16.0 Å². The Bertz CT molecular complexity index is 1580. The van der Waals surface area contributed by atoms with Crippen LogP contribution in [0.5, 0.6) is 0 Å². The van der Waals surface area contributed by atoms with Crippen LogP contribution in [0.1, 0.15) is 20.9 Å². The average molecular weight is 448 g/mol. The molecular formula is C27H17N3O2S. The van der Waals surface area contributed by atoms with Crippen LogP contribution in [-0.4, -0.2) is 15.7 Å². The van der Waals surface area contributed by atoms with Gasteiger partial charge >= 0.3 is 0 Å². The normalized spacial score (nSPS) is 10.4. The van der Waals surface area contributed by atoms with Crippen molar-refractivity contribution >= 4 is 33.7 Å². The fraction of sp³-hybridized carbons (Fsp3) is 0. The fourth-order valence-electron chi connectivity index (χ4n) is 3.45. The maximum absolute atomic E-state index is 13.3. The summed E-state index contributed by atoms with van der Waals surface area (Å²) in [5.74, 6) is 5.83. The number of nitrogens with one attached hydrogen (secondary N) is 1. The zero-order valence-electron chi connectivity index (χ0n) is 17.4. The molecule has 6 heteroatoms. The molecule has 5 rings (SSSR count). The van der Waals surface area contributed by atoms with E-state index in [1.807, 2.05) is 53.9 Å². The molecule has 0 aliphatic carbocycles. The van der Waals surface area contributed by atoms with E-state index < -0.39 is 5.91 Å². The minimum Gasteiger partial charge on any atom is -0.321 e. The van der Waals surface area contributed by atoms with E-state index >= 15 is 0 Å². The summed E-state index contributed by atoms with van der Waals surface area (Å²) in [7, 11) is 0. The predicted molar refractivity (Wildman–Crippen MR) is 132 cm³/mol.